The predicted octanol–water partition coefficient (Wildman–Crippen LogP) is 5.34. The van der Waals surface area contributed by atoms with Gasteiger partial charge in [0, 0.05) is 36.4 Å². The Labute approximate surface area is 225 Å². The molecule has 2 amide bonds. The molecule has 3 heterocycles. The van der Waals surface area contributed by atoms with E-state index >= 15 is 0 Å². The molecule has 0 unspecified atom stereocenters. The molecule has 0 spiro atoms. The Bertz CT molecular complexity index is 1170. The van der Waals surface area contributed by atoms with Gasteiger partial charge in [0.25, 0.3) is 11.8 Å². The number of carbonyl (C=O) groups excluding carboxylic acids is 2. The fourth-order valence-corrected chi connectivity index (χ4v) is 5.02. The Balaban J connectivity index is 2.14. The van der Waals surface area contributed by atoms with Gasteiger partial charge in [0.05, 0.1) is 16.0 Å². The molecule has 0 saturated carbocycles. The van der Waals surface area contributed by atoms with Crippen LogP contribution in [0.2, 0.25) is 0 Å². The standard InChI is InChI=1S/C26H36F3N5O3S/c1-7-24(3,4)33-18-12-17(26(27,28)29)16(13-30-18)20-19(23(36)34-11-9-8-10-15(34)2)32-22(38-20)21(35)31-14-25(5,6)37/h12-13,15,37H,7-11,14H2,1-6H3,(H,30,33)(H,31,35)/t15-/m0/s1. The van der Waals surface area contributed by atoms with E-state index in [1.54, 1.807) is 4.90 Å². The van der Waals surface area contributed by atoms with Crippen molar-refractivity contribution in [3.8, 4) is 10.4 Å². The fourth-order valence-electron chi connectivity index (χ4n) is 4.03. The topological polar surface area (TPSA) is 107 Å². The van der Waals surface area contributed by atoms with Crippen LogP contribution in [0.1, 0.15) is 93.1 Å². The zero-order valence-electron chi connectivity index (χ0n) is 22.6. The van der Waals surface area contributed by atoms with E-state index in [4.69, 9.17) is 0 Å². The van der Waals surface area contributed by atoms with Gasteiger partial charge >= 0.3 is 6.18 Å². The van der Waals surface area contributed by atoms with Gasteiger partial charge in [-0.15, -0.1) is 11.3 Å². The molecule has 2 aromatic rings. The zero-order chi connectivity index (χ0) is 28.5. The molecule has 2 aromatic heterocycles. The number of hydrogen-bond acceptors (Lipinski definition) is 7. The van der Waals surface area contributed by atoms with E-state index in [2.05, 4.69) is 20.6 Å². The summed E-state index contributed by atoms with van der Waals surface area (Å²) in [6.07, 6.45) is -0.520. The van der Waals surface area contributed by atoms with Crippen molar-refractivity contribution in [1.29, 1.82) is 0 Å². The second kappa shape index (κ2) is 11.2. The summed E-state index contributed by atoms with van der Waals surface area (Å²) < 4.78 is 43.0. The maximum atomic E-state index is 14.3. The highest BCUT2D eigenvalue weighted by Crippen LogP contribution is 2.42. The van der Waals surface area contributed by atoms with Gasteiger partial charge < -0.3 is 20.6 Å². The third-order valence-electron chi connectivity index (χ3n) is 6.57. The first-order chi connectivity index (χ1) is 17.5. The number of likely N-dealkylation sites (tertiary alicyclic amines) is 1. The molecule has 1 saturated heterocycles. The van der Waals surface area contributed by atoms with Crippen molar-refractivity contribution < 1.29 is 27.9 Å². The van der Waals surface area contributed by atoms with Gasteiger partial charge in [0.2, 0.25) is 0 Å². The first-order valence-electron chi connectivity index (χ1n) is 12.7. The van der Waals surface area contributed by atoms with Crippen LogP contribution in [-0.4, -0.2) is 62.1 Å². The minimum Gasteiger partial charge on any atom is -0.389 e. The Morgan fingerprint density at radius 3 is 2.47 bits per heavy atom. The number of nitrogens with zero attached hydrogens (tertiary/aromatic N) is 3. The number of aromatic nitrogens is 2. The number of piperidine rings is 1. The molecule has 3 N–H and O–H groups in total. The van der Waals surface area contributed by atoms with Crippen LogP contribution < -0.4 is 10.6 Å². The van der Waals surface area contributed by atoms with Crippen molar-refractivity contribution in [3.05, 3.63) is 28.5 Å². The van der Waals surface area contributed by atoms with E-state index in [-0.39, 0.29) is 39.5 Å². The molecule has 12 heteroatoms. The van der Waals surface area contributed by atoms with Crippen LogP contribution in [0.4, 0.5) is 19.0 Å². The van der Waals surface area contributed by atoms with Gasteiger partial charge in [0.1, 0.15) is 11.5 Å². The maximum Gasteiger partial charge on any atom is 0.417 e. The predicted molar refractivity (Wildman–Crippen MR) is 141 cm³/mol. The fraction of sp³-hybridized carbons (Fsp3) is 0.615. The SMILES string of the molecule is CCC(C)(C)Nc1cc(C(F)(F)F)c(-c2sc(C(=O)NCC(C)(C)O)nc2C(=O)N2CCCC[C@@H]2C)cn1. The van der Waals surface area contributed by atoms with E-state index in [1.807, 2.05) is 27.7 Å². The molecule has 1 aliphatic rings. The van der Waals surface area contributed by atoms with Crippen molar-refractivity contribution in [3.63, 3.8) is 0 Å². The highest BCUT2D eigenvalue weighted by Gasteiger charge is 2.38. The number of aliphatic hydroxyl groups is 1. The summed E-state index contributed by atoms with van der Waals surface area (Å²) in [5.74, 6) is -1.15. The number of nitrogens with one attached hydrogen (secondary N) is 2. The summed E-state index contributed by atoms with van der Waals surface area (Å²) >= 11 is 0.706. The molecule has 38 heavy (non-hydrogen) atoms. The molecule has 1 fully saturated rings. The lowest BCUT2D eigenvalue weighted by atomic mass is 10.0. The van der Waals surface area contributed by atoms with Crippen molar-refractivity contribution in [2.45, 2.75) is 90.6 Å². The first kappa shape index (κ1) is 29.8. The van der Waals surface area contributed by atoms with Gasteiger partial charge in [-0.25, -0.2) is 9.97 Å². The third-order valence-corrected chi connectivity index (χ3v) is 7.66. The average Bonchev–Trinajstić information content (AvgIpc) is 3.26. The Hall–Kier alpha value is -2.73. The monoisotopic (exact) mass is 555 g/mol. The molecular weight excluding hydrogens is 519 g/mol. The lowest BCUT2D eigenvalue weighted by molar-refractivity contribution is -0.137. The molecule has 1 atom stereocenters. The van der Waals surface area contributed by atoms with Crippen LogP contribution >= 0.6 is 11.3 Å². The molecule has 0 radical (unpaired) electrons. The Kier molecular flexibility index (Phi) is 8.77. The van der Waals surface area contributed by atoms with Gasteiger partial charge in [-0.05, 0) is 66.4 Å². The average molecular weight is 556 g/mol. The van der Waals surface area contributed by atoms with E-state index < -0.39 is 34.7 Å². The molecule has 0 bridgehead atoms. The van der Waals surface area contributed by atoms with Crippen LogP contribution in [0, 0.1) is 0 Å². The van der Waals surface area contributed by atoms with Gasteiger partial charge in [0.15, 0.2) is 5.01 Å². The van der Waals surface area contributed by atoms with Crippen molar-refractivity contribution >= 4 is 29.0 Å². The molecule has 0 aliphatic carbocycles. The summed E-state index contributed by atoms with van der Waals surface area (Å²) in [5, 5.41) is 15.3. The number of thiazole rings is 1. The van der Waals surface area contributed by atoms with E-state index in [0.717, 1.165) is 31.5 Å². The second-order valence-electron chi connectivity index (χ2n) is 11.0. The largest absolute Gasteiger partial charge is 0.417 e. The number of alkyl halides is 3. The van der Waals surface area contributed by atoms with Crippen LogP contribution in [0.25, 0.3) is 10.4 Å². The van der Waals surface area contributed by atoms with Crippen molar-refractivity contribution in [1.82, 2.24) is 20.2 Å². The first-order valence-corrected chi connectivity index (χ1v) is 13.5. The summed E-state index contributed by atoms with van der Waals surface area (Å²) in [4.78, 5) is 36.4. The third kappa shape index (κ3) is 7.22. The molecule has 3 rings (SSSR count). The minimum atomic E-state index is -4.75. The summed E-state index contributed by atoms with van der Waals surface area (Å²) in [7, 11) is 0. The number of amides is 2. The Morgan fingerprint density at radius 2 is 1.89 bits per heavy atom. The van der Waals surface area contributed by atoms with Crippen LogP contribution in [0.3, 0.4) is 0 Å². The number of carbonyl (C=O) groups is 2. The van der Waals surface area contributed by atoms with Crippen LogP contribution in [0.15, 0.2) is 12.3 Å². The number of anilines is 1. The summed E-state index contributed by atoms with van der Waals surface area (Å²) in [6, 6.07) is 0.819. The van der Waals surface area contributed by atoms with Crippen LogP contribution in [-0.2, 0) is 6.18 Å². The molecule has 0 aromatic carbocycles. The number of hydrogen-bond donors (Lipinski definition) is 3. The van der Waals surface area contributed by atoms with E-state index in [1.165, 1.54) is 13.8 Å². The van der Waals surface area contributed by atoms with Crippen LogP contribution in [0.5, 0.6) is 0 Å². The Morgan fingerprint density at radius 1 is 1.21 bits per heavy atom. The van der Waals surface area contributed by atoms with Gasteiger partial charge in [-0.3, -0.25) is 9.59 Å². The van der Waals surface area contributed by atoms with E-state index in [9.17, 15) is 27.9 Å². The molecule has 210 valence electrons. The number of pyridine rings is 1. The lowest BCUT2D eigenvalue weighted by Crippen LogP contribution is -2.42. The quantitative estimate of drug-likeness (QED) is 0.406. The molecular formula is C26H36F3N5O3S. The maximum absolute atomic E-state index is 14.3. The summed E-state index contributed by atoms with van der Waals surface area (Å²) in [6.45, 7) is 10.9. The lowest BCUT2D eigenvalue weighted by Gasteiger charge is -2.33. The zero-order valence-corrected chi connectivity index (χ0v) is 23.4. The molecule has 8 nitrogen and oxygen atoms in total. The minimum absolute atomic E-state index is 0.0538. The normalized spacial score (nSPS) is 16.9. The van der Waals surface area contributed by atoms with Crippen molar-refractivity contribution in [2.75, 3.05) is 18.4 Å². The second-order valence-corrected chi connectivity index (χ2v) is 12.0. The number of rotatable bonds is 8. The highest BCUT2D eigenvalue weighted by molar-refractivity contribution is 7.17. The number of halogens is 3. The highest BCUT2D eigenvalue weighted by atomic mass is 32.1. The van der Waals surface area contributed by atoms with E-state index in [0.29, 0.717) is 24.3 Å². The van der Waals surface area contributed by atoms with Gasteiger partial charge in [-0.1, -0.05) is 6.92 Å². The molecule has 1 aliphatic heterocycles. The van der Waals surface area contributed by atoms with Crippen molar-refractivity contribution in [2.24, 2.45) is 0 Å². The van der Waals surface area contributed by atoms with Gasteiger partial charge in [-0.2, -0.15) is 13.2 Å². The smallest absolute Gasteiger partial charge is 0.389 e. The summed E-state index contributed by atoms with van der Waals surface area (Å²) in [5.41, 5.74) is -3.20.